The first-order valence-corrected chi connectivity index (χ1v) is 12.8. The van der Waals surface area contributed by atoms with Gasteiger partial charge in [-0.3, -0.25) is 9.69 Å². The topological polar surface area (TPSA) is 65.8 Å². The van der Waals surface area contributed by atoms with Crippen molar-refractivity contribution in [3.63, 3.8) is 0 Å². The number of hydrogen-bond donors (Lipinski definition) is 1. The summed E-state index contributed by atoms with van der Waals surface area (Å²) in [6.45, 7) is 7.60. The molecule has 2 aromatic carbocycles. The standard InChI is InChI=1S/C27H29N3O3S/c1-27(2)18-29(11-10-23-24(27)21-8-3-4-9-22(21)30(23)26(32)33)25(31)20-7-5-6-19(16-20)17-28-12-14-34-15-13-28/h3-11,16H,12-15,17-18H2,1-2H3,(H,32,33). The quantitative estimate of drug-likeness (QED) is 0.570. The third-order valence-electron chi connectivity index (χ3n) is 6.70. The third-order valence-corrected chi connectivity index (χ3v) is 7.64. The molecule has 0 radical (unpaired) electrons. The fraction of sp³-hybridized carbons (Fsp3) is 0.333. The molecule has 34 heavy (non-hydrogen) atoms. The van der Waals surface area contributed by atoms with Gasteiger partial charge in [0.2, 0.25) is 0 Å². The summed E-state index contributed by atoms with van der Waals surface area (Å²) < 4.78 is 1.33. The van der Waals surface area contributed by atoms with Gasteiger partial charge in [-0.1, -0.05) is 44.2 Å². The van der Waals surface area contributed by atoms with Crippen LogP contribution in [0.15, 0.2) is 54.7 Å². The van der Waals surface area contributed by atoms with E-state index >= 15 is 0 Å². The molecule has 2 aliphatic rings. The first-order valence-electron chi connectivity index (χ1n) is 11.6. The van der Waals surface area contributed by atoms with Crippen LogP contribution in [0.5, 0.6) is 0 Å². The van der Waals surface area contributed by atoms with Gasteiger partial charge in [0.15, 0.2) is 0 Å². The number of amides is 1. The Hall–Kier alpha value is -3.03. The maximum atomic E-state index is 13.6. The molecule has 6 nitrogen and oxygen atoms in total. The molecule has 0 spiro atoms. The summed E-state index contributed by atoms with van der Waals surface area (Å²) in [5, 5.41) is 10.9. The van der Waals surface area contributed by atoms with Crippen LogP contribution >= 0.6 is 11.8 Å². The van der Waals surface area contributed by atoms with E-state index in [1.54, 1.807) is 17.2 Å². The first-order chi connectivity index (χ1) is 16.3. The summed E-state index contributed by atoms with van der Waals surface area (Å²) in [6, 6.07) is 15.5. The van der Waals surface area contributed by atoms with Crippen LogP contribution in [0.2, 0.25) is 0 Å². The molecule has 1 amide bonds. The predicted molar refractivity (Wildman–Crippen MR) is 138 cm³/mol. The third kappa shape index (κ3) is 4.14. The molecule has 7 heteroatoms. The Morgan fingerprint density at radius 3 is 2.59 bits per heavy atom. The van der Waals surface area contributed by atoms with Crippen LogP contribution in [-0.2, 0) is 12.0 Å². The summed E-state index contributed by atoms with van der Waals surface area (Å²) in [4.78, 5) is 29.9. The van der Waals surface area contributed by atoms with Crippen LogP contribution in [0.3, 0.4) is 0 Å². The summed E-state index contributed by atoms with van der Waals surface area (Å²) in [6.07, 6.45) is 2.48. The van der Waals surface area contributed by atoms with Gasteiger partial charge in [0.05, 0.1) is 11.2 Å². The lowest BCUT2D eigenvalue weighted by Gasteiger charge is -2.30. The van der Waals surface area contributed by atoms with Crippen molar-refractivity contribution in [3.05, 3.63) is 77.1 Å². The predicted octanol–water partition coefficient (Wildman–Crippen LogP) is 5.12. The van der Waals surface area contributed by atoms with Gasteiger partial charge in [-0.05, 0) is 35.4 Å². The normalized spacial score (nSPS) is 18.0. The molecule has 0 atom stereocenters. The second kappa shape index (κ2) is 8.96. The maximum Gasteiger partial charge on any atom is 0.416 e. The molecular formula is C27H29N3O3S. The minimum Gasteiger partial charge on any atom is -0.464 e. The average molecular weight is 476 g/mol. The monoisotopic (exact) mass is 475 g/mol. The van der Waals surface area contributed by atoms with Crippen LogP contribution in [0.1, 0.15) is 41.0 Å². The van der Waals surface area contributed by atoms with Gasteiger partial charge in [0.1, 0.15) is 0 Å². The lowest BCUT2D eigenvalue weighted by Crippen LogP contribution is -2.37. The van der Waals surface area contributed by atoms with E-state index < -0.39 is 11.5 Å². The van der Waals surface area contributed by atoms with Gasteiger partial charge < -0.3 is 10.0 Å². The van der Waals surface area contributed by atoms with Gasteiger partial charge in [-0.2, -0.15) is 11.8 Å². The molecular weight excluding hydrogens is 446 g/mol. The second-order valence-corrected chi connectivity index (χ2v) is 10.8. The molecule has 0 saturated carbocycles. The molecule has 176 valence electrons. The van der Waals surface area contributed by atoms with E-state index in [1.165, 1.54) is 4.57 Å². The molecule has 3 aromatic rings. The van der Waals surface area contributed by atoms with Crippen molar-refractivity contribution in [2.24, 2.45) is 0 Å². The van der Waals surface area contributed by atoms with E-state index in [1.807, 2.05) is 54.2 Å². The number of benzene rings is 2. The van der Waals surface area contributed by atoms with Gasteiger partial charge in [-0.15, -0.1) is 0 Å². The number of hydrogen-bond acceptors (Lipinski definition) is 4. The minimum absolute atomic E-state index is 0.0725. The van der Waals surface area contributed by atoms with E-state index in [2.05, 4.69) is 24.8 Å². The number of nitrogens with zero attached hydrogens (tertiary/aromatic N) is 3. The van der Waals surface area contributed by atoms with Gasteiger partial charge >= 0.3 is 6.09 Å². The van der Waals surface area contributed by atoms with Gasteiger partial charge in [0.25, 0.3) is 5.91 Å². The molecule has 5 rings (SSSR count). The van der Waals surface area contributed by atoms with E-state index in [-0.39, 0.29) is 5.91 Å². The highest BCUT2D eigenvalue weighted by molar-refractivity contribution is 7.99. The van der Waals surface area contributed by atoms with Crippen LogP contribution in [0.4, 0.5) is 4.79 Å². The average Bonchev–Trinajstić information content (AvgIpc) is 3.10. The smallest absolute Gasteiger partial charge is 0.416 e. The highest BCUT2D eigenvalue weighted by atomic mass is 32.2. The fourth-order valence-corrected chi connectivity index (χ4v) is 6.16. The zero-order chi connectivity index (χ0) is 23.9. The van der Waals surface area contributed by atoms with Crippen LogP contribution in [0, 0.1) is 0 Å². The Labute approximate surface area is 203 Å². The number of carboxylic acid groups (broad SMARTS) is 1. The zero-order valence-corrected chi connectivity index (χ0v) is 20.3. The highest BCUT2D eigenvalue weighted by Gasteiger charge is 2.35. The largest absolute Gasteiger partial charge is 0.464 e. The lowest BCUT2D eigenvalue weighted by atomic mass is 9.82. The summed E-state index contributed by atoms with van der Waals surface area (Å²) >= 11 is 1.99. The molecule has 2 aliphatic heterocycles. The van der Waals surface area contributed by atoms with E-state index in [4.69, 9.17) is 0 Å². The Morgan fingerprint density at radius 1 is 1.06 bits per heavy atom. The van der Waals surface area contributed by atoms with Crippen molar-refractivity contribution in [1.29, 1.82) is 0 Å². The molecule has 1 aromatic heterocycles. The molecule has 0 unspecified atom stereocenters. The van der Waals surface area contributed by atoms with Crippen molar-refractivity contribution in [1.82, 2.24) is 14.4 Å². The van der Waals surface area contributed by atoms with E-state index in [9.17, 15) is 14.7 Å². The lowest BCUT2D eigenvalue weighted by molar-refractivity contribution is 0.0801. The van der Waals surface area contributed by atoms with E-state index in [0.717, 1.165) is 47.7 Å². The van der Waals surface area contributed by atoms with Crippen molar-refractivity contribution in [2.45, 2.75) is 25.8 Å². The van der Waals surface area contributed by atoms with Gasteiger partial charge in [-0.25, -0.2) is 9.36 Å². The molecule has 1 saturated heterocycles. The fourth-order valence-electron chi connectivity index (χ4n) is 5.18. The molecule has 1 fully saturated rings. The summed E-state index contributed by atoms with van der Waals surface area (Å²) in [5.74, 6) is 2.23. The SMILES string of the molecule is CC1(C)CN(C(=O)c2cccc(CN3CCSCC3)c2)C=Cc2c1c1ccccc1n2C(=O)O. The Bertz CT molecular complexity index is 1290. The molecule has 3 heterocycles. The number of carbonyl (C=O) groups is 2. The van der Waals surface area contributed by atoms with Crippen LogP contribution in [-0.4, -0.2) is 62.6 Å². The Kier molecular flexibility index (Phi) is 6.00. The van der Waals surface area contributed by atoms with Crippen LogP contribution < -0.4 is 0 Å². The van der Waals surface area contributed by atoms with Crippen molar-refractivity contribution in [3.8, 4) is 0 Å². The van der Waals surface area contributed by atoms with E-state index in [0.29, 0.717) is 23.3 Å². The minimum atomic E-state index is -1.03. The first kappa shape index (κ1) is 22.7. The number of aromatic nitrogens is 1. The highest BCUT2D eigenvalue weighted by Crippen LogP contribution is 2.39. The maximum absolute atomic E-state index is 13.6. The second-order valence-electron chi connectivity index (χ2n) is 9.62. The van der Waals surface area contributed by atoms with Crippen molar-refractivity contribution >= 4 is 40.7 Å². The van der Waals surface area contributed by atoms with Crippen molar-refractivity contribution < 1.29 is 14.7 Å². The zero-order valence-electron chi connectivity index (χ0n) is 19.5. The van der Waals surface area contributed by atoms with Gasteiger partial charge in [0, 0.05) is 60.2 Å². The summed E-state index contributed by atoms with van der Waals surface area (Å²) in [7, 11) is 0. The van der Waals surface area contributed by atoms with Crippen LogP contribution in [0.25, 0.3) is 17.0 Å². The molecule has 1 N–H and O–H groups in total. The number of rotatable bonds is 3. The number of para-hydroxylation sites is 1. The Morgan fingerprint density at radius 2 is 1.82 bits per heavy atom. The molecule has 0 aliphatic carbocycles. The van der Waals surface area contributed by atoms with Crippen molar-refractivity contribution in [2.75, 3.05) is 31.1 Å². The summed E-state index contributed by atoms with van der Waals surface area (Å²) in [5.41, 5.74) is 3.59. The Balaban J connectivity index is 1.47. The number of fused-ring (bicyclic) bond motifs is 3. The number of carbonyl (C=O) groups excluding carboxylic acids is 1. The number of thioether (sulfide) groups is 1. The molecule has 0 bridgehead atoms.